The third kappa shape index (κ3) is 4.61. The van der Waals surface area contributed by atoms with Crippen molar-refractivity contribution in [2.75, 3.05) is 12.8 Å². The van der Waals surface area contributed by atoms with Crippen LogP contribution in [0.1, 0.15) is 27.2 Å². The summed E-state index contributed by atoms with van der Waals surface area (Å²) in [5.41, 5.74) is -1.63. The summed E-state index contributed by atoms with van der Waals surface area (Å²) in [5.74, 6) is -1.99. The van der Waals surface area contributed by atoms with Crippen LogP contribution in [0.4, 0.5) is 0 Å². The standard InChI is InChI=1S/C10H19NO6S/c1-9(2,18(4,16)17)8(14)11-6-10(3,15)5-7(12)13/h15H,5-6H2,1-4H3,(H,11,14)(H,12,13). The molecule has 1 amide bonds. The Balaban J connectivity index is 4.67. The lowest BCUT2D eigenvalue weighted by molar-refractivity contribution is -0.142. The molecule has 0 aliphatic rings. The van der Waals surface area contributed by atoms with Crippen LogP contribution >= 0.6 is 0 Å². The summed E-state index contributed by atoms with van der Waals surface area (Å²) >= 11 is 0. The van der Waals surface area contributed by atoms with Crippen LogP contribution in [0, 0.1) is 0 Å². The van der Waals surface area contributed by atoms with Gasteiger partial charge in [0.05, 0.1) is 12.0 Å². The number of nitrogens with one attached hydrogen (secondary N) is 1. The zero-order valence-corrected chi connectivity index (χ0v) is 11.7. The largest absolute Gasteiger partial charge is 0.481 e. The van der Waals surface area contributed by atoms with Crippen molar-refractivity contribution in [1.29, 1.82) is 0 Å². The maximum Gasteiger partial charge on any atom is 0.306 e. The minimum absolute atomic E-state index is 0.336. The van der Waals surface area contributed by atoms with E-state index in [-0.39, 0.29) is 6.54 Å². The molecule has 0 fully saturated rings. The quantitative estimate of drug-likeness (QED) is 0.583. The van der Waals surface area contributed by atoms with Gasteiger partial charge < -0.3 is 15.5 Å². The number of aliphatic hydroxyl groups is 1. The zero-order valence-electron chi connectivity index (χ0n) is 10.8. The van der Waals surface area contributed by atoms with Crippen LogP contribution in [-0.2, 0) is 19.4 Å². The van der Waals surface area contributed by atoms with Crippen LogP contribution in [0.25, 0.3) is 0 Å². The maximum atomic E-state index is 11.7. The molecule has 7 nitrogen and oxygen atoms in total. The van der Waals surface area contributed by atoms with Crippen LogP contribution < -0.4 is 5.32 Å². The minimum atomic E-state index is -3.60. The molecule has 0 aromatic rings. The van der Waals surface area contributed by atoms with E-state index in [4.69, 9.17) is 5.11 Å². The Morgan fingerprint density at radius 2 is 1.67 bits per heavy atom. The van der Waals surface area contributed by atoms with Crippen LogP contribution in [0.5, 0.6) is 0 Å². The summed E-state index contributed by atoms with van der Waals surface area (Å²) in [5, 5.41) is 20.4. The molecule has 18 heavy (non-hydrogen) atoms. The monoisotopic (exact) mass is 281 g/mol. The van der Waals surface area contributed by atoms with E-state index >= 15 is 0 Å². The third-order valence-corrected chi connectivity index (χ3v) is 4.67. The van der Waals surface area contributed by atoms with Gasteiger partial charge in [0.2, 0.25) is 5.91 Å². The van der Waals surface area contributed by atoms with Gasteiger partial charge in [0, 0.05) is 12.8 Å². The summed E-state index contributed by atoms with van der Waals surface area (Å²) in [6.45, 7) is 3.39. The van der Waals surface area contributed by atoms with E-state index in [1.54, 1.807) is 0 Å². The van der Waals surface area contributed by atoms with Crippen molar-refractivity contribution in [2.45, 2.75) is 37.5 Å². The summed E-state index contributed by atoms with van der Waals surface area (Å²) < 4.78 is 21.1. The molecule has 0 spiro atoms. The van der Waals surface area contributed by atoms with Crippen molar-refractivity contribution in [2.24, 2.45) is 0 Å². The average Bonchev–Trinajstić information content (AvgIpc) is 2.10. The molecular formula is C10H19NO6S. The van der Waals surface area contributed by atoms with Crippen molar-refractivity contribution in [1.82, 2.24) is 5.32 Å². The van der Waals surface area contributed by atoms with Gasteiger partial charge in [0.15, 0.2) is 9.84 Å². The Labute approximate surface area is 106 Å². The van der Waals surface area contributed by atoms with Gasteiger partial charge in [0.25, 0.3) is 0 Å². The second-order valence-corrected chi connectivity index (χ2v) is 7.60. The second kappa shape index (κ2) is 5.23. The fourth-order valence-electron chi connectivity index (χ4n) is 1.04. The highest BCUT2D eigenvalue weighted by Gasteiger charge is 2.39. The Bertz CT molecular complexity index is 437. The Kier molecular flexibility index (Phi) is 4.90. The number of carboxylic acids is 1. The average molecular weight is 281 g/mol. The predicted molar refractivity (Wildman–Crippen MR) is 64.8 cm³/mol. The Hall–Kier alpha value is -1.15. The van der Waals surface area contributed by atoms with Gasteiger partial charge in [-0.15, -0.1) is 0 Å². The smallest absolute Gasteiger partial charge is 0.306 e. The summed E-state index contributed by atoms with van der Waals surface area (Å²) in [6, 6.07) is 0. The van der Waals surface area contributed by atoms with Crippen molar-refractivity contribution >= 4 is 21.7 Å². The van der Waals surface area contributed by atoms with Crippen LogP contribution in [0.3, 0.4) is 0 Å². The van der Waals surface area contributed by atoms with E-state index in [1.165, 1.54) is 20.8 Å². The van der Waals surface area contributed by atoms with E-state index in [2.05, 4.69) is 5.32 Å². The summed E-state index contributed by atoms with van der Waals surface area (Å²) in [7, 11) is -3.60. The van der Waals surface area contributed by atoms with Gasteiger partial charge >= 0.3 is 5.97 Å². The fourth-order valence-corrected chi connectivity index (χ4v) is 1.45. The molecule has 106 valence electrons. The lowest BCUT2D eigenvalue weighted by Crippen LogP contribution is -2.51. The van der Waals surface area contributed by atoms with Gasteiger partial charge in [-0.2, -0.15) is 0 Å². The maximum absolute atomic E-state index is 11.7. The van der Waals surface area contributed by atoms with Crippen molar-refractivity contribution in [3.8, 4) is 0 Å². The molecule has 1 atom stereocenters. The predicted octanol–water partition coefficient (Wildman–Crippen LogP) is -0.848. The molecule has 0 saturated carbocycles. The molecule has 1 unspecified atom stereocenters. The van der Waals surface area contributed by atoms with E-state index < -0.39 is 38.5 Å². The number of carboxylic acid groups (broad SMARTS) is 1. The van der Waals surface area contributed by atoms with E-state index in [1.807, 2.05) is 0 Å². The first-order chi connectivity index (χ1) is 7.79. The molecule has 0 radical (unpaired) electrons. The number of carbonyl (C=O) groups excluding carboxylic acids is 1. The molecule has 0 aromatic heterocycles. The fraction of sp³-hybridized carbons (Fsp3) is 0.800. The van der Waals surface area contributed by atoms with Crippen molar-refractivity contribution < 1.29 is 28.2 Å². The molecule has 0 rings (SSSR count). The molecule has 0 aliphatic heterocycles. The lowest BCUT2D eigenvalue weighted by atomic mass is 10.0. The molecule has 0 saturated heterocycles. The molecule has 8 heteroatoms. The molecule has 0 aromatic carbocycles. The van der Waals surface area contributed by atoms with Crippen molar-refractivity contribution in [3.05, 3.63) is 0 Å². The summed E-state index contributed by atoms with van der Waals surface area (Å²) in [6.07, 6.45) is 0.383. The molecular weight excluding hydrogens is 262 g/mol. The number of sulfone groups is 1. The first kappa shape index (κ1) is 16.9. The van der Waals surface area contributed by atoms with Gasteiger partial charge in [-0.25, -0.2) is 8.42 Å². The zero-order chi connectivity index (χ0) is 14.8. The van der Waals surface area contributed by atoms with Crippen molar-refractivity contribution in [3.63, 3.8) is 0 Å². The number of hydrogen-bond acceptors (Lipinski definition) is 5. The SMILES string of the molecule is CC(O)(CNC(=O)C(C)(C)S(C)(=O)=O)CC(=O)O. The summed E-state index contributed by atoms with van der Waals surface area (Å²) in [4.78, 5) is 22.1. The number of amides is 1. The molecule has 0 heterocycles. The van der Waals surface area contributed by atoms with Gasteiger partial charge in [-0.3, -0.25) is 9.59 Å². The van der Waals surface area contributed by atoms with Gasteiger partial charge in [-0.05, 0) is 20.8 Å². The van der Waals surface area contributed by atoms with Crippen LogP contribution in [0.15, 0.2) is 0 Å². The van der Waals surface area contributed by atoms with E-state index in [9.17, 15) is 23.1 Å². The second-order valence-electron chi connectivity index (χ2n) is 5.03. The first-order valence-corrected chi connectivity index (χ1v) is 7.11. The molecule has 3 N–H and O–H groups in total. The minimum Gasteiger partial charge on any atom is -0.481 e. The van der Waals surface area contributed by atoms with Crippen LogP contribution in [0.2, 0.25) is 0 Å². The molecule has 0 bridgehead atoms. The highest BCUT2D eigenvalue weighted by Crippen LogP contribution is 2.16. The number of hydrogen-bond donors (Lipinski definition) is 3. The Morgan fingerprint density at radius 1 is 1.22 bits per heavy atom. The normalized spacial score (nSPS) is 15.8. The molecule has 0 aliphatic carbocycles. The van der Waals surface area contributed by atoms with Gasteiger partial charge in [-0.1, -0.05) is 0 Å². The lowest BCUT2D eigenvalue weighted by Gasteiger charge is -2.26. The highest BCUT2D eigenvalue weighted by molar-refractivity contribution is 7.92. The number of rotatable bonds is 6. The van der Waals surface area contributed by atoms with E-state index in [0.29, 0.717) is 0 Å². The Morgan fingerprint density at radius 3 is 2.00 bits per heavy atom. The van der Waals surface area contributed by atoms with E-state index in [0.717, 1.165) is 6.26 Å². The highest BCUT2D eigenvalue weighted by atomic mass is 32.2. The number of aliphatic carboxylic acids is 1. The van der Waals surface area contributed by atoms with Crippen LogP contribution in [-0.4, -0.2) is 53.7 Å². The first-order valence-electron chi connectivity index (χ1n) is 5.22. The van der Waals surface area contributed by atoms with Gasteiger partial charge in [0.1, 0.15) is 4.75 Å². The number of carbonyl (C=O) groups is 2. The topological polar surface area (TPSA) is 121 Å². The third-order valence-electron chi connectivity index (χ3n) is 2.64.